The van der Waals surface area contributed by atoms with Gasteiger partial charge in [-0.05, 0) is 25.1 Å². The number of hydrogen-bond acceptors (Lipinski definition) is 3. The summed E-state index contributed by atoms with van der Waals surface area (Å²) in [7, 11) is 1.72. The first kappa shape index (κ1) is 12.8. The number of benzene rings is 1. The highest BCUT2D eigenvalue weighted by atomic mass is 19.1. The molecule has 0 saturated heterocycles. The quantitative estimate of drug-likeness (QED) is 0.895. The summed E-state index contributed by atoms with van der Waals surface area (Å²) in [5.41, 5.74) is 1.30. The van der Waals surface area contributed by atoms with Crippen LogP contribution in [0, 0.1) is 24.1 Å². The molecule has 96 valence electrons. The Morgan fingerprint density at radius 3 is 2.79 bits per heavy atom. The van der Waals surface area contributed by atoms with Gasteiger partial charge in [-0.2, -0.15) is 10.4 Å². The minimum Gasteiger partial charge on any atom is -0.319 e. The van der Waals surface area contributed by atoms with Gasteiger partial charge in [0.1, 0.15) is 5.82 Å². The molecule has 1 amide bonds. The van der Waals surface area contributed by atoms with E-state index in [1.807, 2.05) is 6.07 Å². The lowest BCUT2D eigenvalue weighted by Crippen LogP contribution is -2.14. The zero-order valence-corrected chi connectivity index (χ0v) is 10.4. The van der Waals surface area contributed by atoms with Crippen LogP contribution in [-0.4, -0.2) is 15.7 Å². The fraction of sp³-hybridized carbons (Fsp3) is 0.154. The summed E-state index contributed by atoms with van der Waals surface area (Å²) in [6.45, 7) is 1.75. The zero-order valence-electron chi connectivity index (χ0n) is 10.4. The maximum atomic E-state index is 13.6. The van der Waals surface area contributed by atoms with Crippen LogP contribution in [0.4, 0.5) is 10.1 Å². The van der Waals surface area contributed by atoms with Crippen LogP contribution in [0.25, 0.3) is 0 Å². The normalized spacial score (nSPS) is 10.0. The summed E-state index contributed by atoms with van der Waals surface area (Å²) in [6, 6.07) is 5.70. The van der Waals surface area contributed by atoms with Crippen LogP contribution >= 0.6 is 0 Å². The maximum Gasteiger partial charge on any atom is 0.259 e. The van der Waals surface area contributed by atoms with E-state index in [1.165, 1.54) is 18.3 Å². The molecule has 1 N–H and O–H groups in total. The predicted octanol–water partition coefficient (Wildman–Crippen LogP) is 1.99. The van der Waals surface area contributed by atoms with Gasteiger partial charge >= 0.3 is 0 Å². The molecule has 2 rings (SSSR count). The summed E-state index contributed by atoms with van der Waals surface area (Å²) in [5.74, 6) is -1.08. The summed E-state index contributed by atoms with van der Waals surface area (Å²) in [6.07, 6.45) is 1.42. The third-order valence-corrected chi connectivity index (χ3v) is 2.83. The number of carbonyl (C=O) groups excluding carboxylic acids is 1. The Balaban J connectivity index is 2.25. The molecule has 1 heterocycles. The Kier molecular flexibility index (Phi) is 3.29. The molecule has 19 heavy (non-hydrogen) atoms. The lowest BCUT2D eigenvalue weighted by molar-refractivity contribution is 0.102. The van der Waals surface area contributed by atoms with Gasteiger partial charge in [-0.25, -0.2) is 4.39 Å². The number of anilines is 1. The molecule has 0 aliphatic carbocycles. The molecule has 5 nitrogen and oxygen atoms in total. The molecule has 0 saturated carbocycles. The lowest BCUT2D eigenvalue weighted by atomic mass is 10.2. The highest BCUT2D eigenvalue weighted by Gasteiger charge is 2.14. The number of aromatic nitrogens is 2. The van der Waals surface area contributed by atoms with Crippen molar-refractivity contribution in [1.82, 2.24) is 9.78 Å². The van der Waals surface area contributed by atoms with Crippen molar-refractivity contribution >= 4 is 11.6 Å². The topological polar surface area (TPSA) is 70.7 Å². The van der Waals surface area contributed by atoms with Gasteiger partial charge in [0.05, 0.1) is 29.1 Å². The largest absolute Gasteiger partial charge is 0.319 e. The van der Waals surface area contributed by atoms with Gasteiger partial charge < -0.3 is 5.32 Å². The Hall–Kier alpha value is -2.68. The Bertz CT molecular complexity index is 684. The second kappa shape index (κ2) is 4.90. The van der Waals surface area contributed by atoms with Crippen LogP contribution in [0.3, 0.4) is 0 Å². The molecular weight excluding hydrogens is 247 g/mol. The molecule has 0 fully saturated rings. The van der Waals surface area contributed by atoms with E-state index in [1.54, 1.807) is 18.7 Å². The number of carbonyl (C=O) groups is 1. The molecule has 0 aliphatic rings. The molecule has 1 aromatic carbocycles. The molecule has 0 bridgehead atoms. The molecule has 0 unspecified atom stereocenters. The zero-order chi connectivity index (χ0) is 14.0. The number of amides is 1. The smallest absolute Gasteiger partial charge is 0.259 e. The molecule has 0 atom stereocenters. The van der Waals surface area contributed by atoms with Gasteiger partial charge in [0, 0.05) is 12.7 Å². The number of nitriles is 1. The number of hydrogen-bond donors (Lipinski definition) is 1. The molecule has 0 spiro atoms. The average Bonchev–Trinajstić information content (AvgIpc) is 2.72. The van der Waals surface area contributed by atoms with Crippen LogP contribution < -0.4 is 5.32 Å². The first-order chi connectivity index (χ1) is 9.02. The highest BCUT2D eigenvalue weighted by molar-refractivity contribution is 6.04. The van der Waals surface area contributed by atoms with Crippen molar-refractivity contribution in [3.05, 3.63) is 47.0 Å². The number of nitrogens with zero attached hydrogens (tertiary/aromatic N) is 3. The summed E-state index contributed by atoms with van der Waals surface area (Å²) < 4.78 is 15.2. The molecular formula is C13H11FN4O. The monoisotopic (exact) mass is 258 g/mol. The van der Waals surface area contributed by atoms with Crippen LogP contribution in [0.2, 0.25) is 0 Å². The van der Waals surface area contributed by atoms with Crippen molar-refractivity contribution in [2.75, 3.05) is 5.32 Å². The van der Waals surface area contributed by atoms with Crippen molar-refractivity contribution in [2.24, 2.45) is 7.05 Å². The average molecular weight is 258 g/mol. The number of nitrogens with one attached hydrogen (secondary N) is 1. The molecule has 1 aromatic heterocycles. The fourth-order valence-electron chi connectivity index (χ4n) is 1.60. The minimum absolute atomic E-state index is 0.0345. The lowest BCUT2D eigenvalue weighted by Gasteiger charge is -2.06. The Morgan fingerprint density at radius 2 is 2.26 bits per heavy atom. The molecule has 0 radical (unpaired) electrons. The van der Waals surface area contributed by atoms with Gasteiger partial charge in [-0.15, -0.1) is 0 Å². The summed E-state index contributed by atoms with van der Waals surface area (Å²) >= 11 is 0. The van der Waals surface area contributed by atoms with E-state index < -0.39 is 11.7 Å². The van der Waals surface area contributed by atoms with Gasteiger partial charge in [0.25, 0.3) is 5.91 Å². The summed E-state index contributed by atoms with van der Waals surface area (Å²) in [4.78, 5) is 12.0. The first-order valence-corrected chi connectivity index (χ1v) is 5.52. The van der Waals surface area contributed by atoms with Crippen molar-refractivity contribution < 1.29 is 9.18 Å². The standard InChI is InChI=1S/C13H11FN4O/c1-8-10(7-16-18(8)2)13(19)17-12-4-3-9(6-15)5-11(12)14/h3-5,7H,1-2H3,(H,17,19). The predicted molar refractivity (Wildman–Crippen MR) is 67.0 cm³/mol. The molecule has 0 aliphatic heterocycles. The second-order valence-corrected chi connectivity index (χ2v) is 4.03. The second-order valence-electron chi connectivity index (χ2n) is 4.03. The van der Waals surface area contributed by atoms with E-state index >= 15 is 0 Å². The minimum atomic E-state index is -0.644. The SMILES string of the molecule is Cc1c(C(=O)Nc2ccc(C#N)cc2F)cnn1C. The highest BCUT2D eigenvalue weighted by Crippen LogP contribution is 2.17. The van der Waals surface area contributed by atoms with E-state index in [0.717, 1.165) is 6.07 Å². The Labute approximate surface area is 109 Å². The van der Waals surface area contributed by atoms with E-state index in [-0.39, 0.29) is 11.3 Å². The number of halogens is 1. The third-order valence-electron chi connectivity index (χ3n) is 2.83. The van der Waals surface area contributed by atoms with Crippen LogP contribution in [-0.2, 0) is 7.05 Å². The van der Waals surface area contributed by atoms with Crippen LogP contribution in [0.15, 0.2) is 24.4 Å². The Morgan fingerprint density at radius 1 is 1.53 bits per heavy atom. The van der Waals surface area contributed by atoms with Crippen molar-refractivity contribution in [3.8, 4) is 6.07 Å². The van der Waals surface area contributed by atoms with Gasteiger partial charge in [-0.3, -0.25) is 9.48 Å². The van der Waals surface area contributed by atoms with E-state index in [2.05, 4.69) is 10.4 Å². The molecule has 6 heteroatoms. The fourth-order valence-corrected chi connectivity index (χ4v) is 1.60. The van der Waals surface area contributed by atoms with Gasteiger partial charge in [0.15, 0.2) is 0 Å². The van der Waals surface area contributed by atoms with Crippen LogP contribution in [0.1, 0.15) is 21.6 Å². The van der Waals surface area contributed by atoms with E-state index in [0.29, 0.717) is 11.3 Å². The van der Waals surface area contributed by atoms with Crippen LogP contribution in [0.5, 0.6) is 0 Å². The van der Waals surface area contributed by atoms with Crippen molar-refractivity contribution in [3.63, 3.8) is 0 Å². The number of rotatable bonds is 2. The first-order valence-electron chi connectivity index (χ1n) is 5.52. The van der Waals surface area contributed by atoms with Gasteiger partial charge in [0.2, 0.25) is 0 Å². The van der Waals surface area contributed by atoms with Crippen molar-refractivity contribution in [2.45, 2.75) is 6.92 Å². The number of aryl methyl sites for hydroxylation is 1. The third kappa shape index (κ3) is 2.45. The van der Waals surface area contributed by atoms with Gasteiger partial charge in [-0.1, -0.05) is 0 Å². The molecule has 2 aromatic rings. The maximum absolute atomic E-state index is 13.6. The van der Waals surface area contributed by atoms with Crippen molar-refractivity contribution in [1.29, 1.82) is 5.26 Å². The van der Waals surface area contributed by atoms with E-state index in [9.17, 15) is 9.18 Å². The van der Waals surface area contributed by atoms with E-state index in [4.69, 9.17) is 5.26 Å². The summed E-state index contributed by atoms with van der Waals surface area (Å²) in [5, 5.41) is 15.0.